The molecule has 16 heavy (non-hydrogen) atoms. The lowest BCUT2D eigenvalue weighted by atomic mass is 9.98. The molecule has 1 rings (SSSR count). The van der Waals surface area contributed by atoms with Gasteiger partial charge in [-0.05, 0) is 38.0 Å². The van der Waals surface area contributed by atoms with Gasteiger partial charge in [-0.25, -0.2) is 13.1 Å². The van der Waals surface area contributed by atoms with Gasteiger partial charge in [-0.2, -0.15) is 0 Å². The second-order valence-corrected chi connectivity index (χ2v) is 7.34. The molecule has 1 atom stereocenters. The van der Waals surface area contributed by atoms with Gasteiger partial charge in [0, 0.05) is 12.1 Å². The predicted octanol–water partition coefficient (Wildman–Crippen LogP) is 1.08. The molecule has 0 heterocycles. The molecule has 1 unspecified atom stereocenters. The van der Waals surface area contributed by atoms with Crippen molar-refractivity contribution in [3.8, 4) is 0 Å². The minimum atomic E-state index is -3.18. The van der Waals surface area contributed by atoms with Crippen LogP contribution in [0.5, 0.6) is 0 Å². The van der Waals surface area contributed by atoms with E-state index in [0.29, 0.717) is 24.8 Å². The number of nitrogens with one attached hydrogen (secondary N) is 1. The zero-order valence-corrected chi connectivity index (χ0v) is 11.3. The summed E-state index contributed by atoms with van der Waals surface area (Å²) >= 11 is 0. The fourth-order valence-corrected chi connectivity index (χ4v) is 3.65. The molecule has 0 spiro atoms. The summed E-state index contributed by atoms with van der Waals surface area (Å²) in [5.74, 6) is 1.03. The fourth-order valence-electron chi connectivity index (χ4n) is 1.81. The summed E-state index contributed by atoms with van der Waals surface area (Å²) < 4.78 is 26.5. The molecule has 5 heteroatoms. The van der Waals surface area contributed by atoms with E-state index in [4.69, 9.17) is 5.73 Å². The van der Waals surface area contributed by atoms with E-state index < -0.39 is 15.6 Å². The Hall–Kier alpha value is -0.130. The first-order valence-corrected chi connectivity index (χ1v) is 7.66. The van der Waals surface area contributed by atoms with E-state index in [1.807, 2.05) is 20.8 Å². The van der Waals surface area contributed by atoms with E-state index in [2.05, 4.69) is 4.72 Å². The molecule has 0 aliphatic heterocycles. The van der Waals surface area contributed by atoms with Crippen molar-refractivity contribution in [2.45, 2.75) is 45.6 Å². The minimum absolute atomic E-state index is 0.201. The summed E-state index contributed by atoms with van der Waals surface area (Å²) in [6, 6.07) is 0. The number of hydrogen-bond donors (Lipinski definition) is 2. The Balaban J connectivity index is 2.56. The van der Waals surface area contributed by atoms with Crippen LogP contribution in [0.1, 0.15) is 40.0 Å². The van der Waals surface area contributed by atoms with Crippen molar-refractivity contribution in [3.63, 3.8) is 0 Å². The second-order valence-electron chi connectivity index (χ2n) is 5.50. The molecule has 1 fully saturated rings. The van der Waals surface area contributed by atoms with Gasteiger partial charge in [-0.15, -0.1) is 0 Å². The normalized spacial score (nSPS) is 21.1. The van der Waals surface area contributed by atoms with Crippen LogP contribution < -0.4 is 10.5 Å². The lowest BCUT2D eigenvalue weighted by Gasteiger charge is -2.29. The van der Waals surface area contributed by atoms with Crippen molar-refractivity contribution >= 4 is 10.0 Å². The molecule has 1 saturated carbocycles. The maximum atomic E-state index is 11.9. The van der Waals surface area contributed by atoms with Crippen molar-refractivity contribution in [2.24, 2.45) is 17.6 Å². The molecule has 4 nitrogen and oxygen atoms in total. The number of sulfonamides is 1. The van der Waals surface area contributed by atoms with Crippen LogP contribution in [0.15, 0.2) is 0 Å². The largest absolute Gasteiger partial charge is 0.329 e. The highest BCUT2D eigenvalue weighted by Gasteiger charge is 2.42. The van der Waals surface area contributed by atoms with Gasteiger partial charge in [0.1, 0.15) is 0 Å². The number of nitrogens with two attached hydrogens (primary N) is 1. The third-order valence-corrected chi connectivity index (χ3v) is 4.81. The molecule has 0 amide bonds. The Bertz CT molecular complexity index is 323. The molecule has 0 aromatic carbocycles. The van der Waals surface area contributed by atoms with Crippen LogP contribution in [-0.2, 0) is 10.0 Å². The van der Waals surface area contributed by atoms with Crippen molar-refractivity contribution in [2.75, 3.05) is 12.3 Å². The Kier molecular flexibility index (Phi) is 4.37. The quantitative estimate of drug-likeness (QED) is 0.708. The summed E-state index contributed by atoms with van der Waals surface area (Å²) in [6.45, 7) is 6.34. The van der Waals surface area contributed by atoms with Gasteiger partial charge in [0.15, 0.2) is 0 Å². The Labute approximate surface area is 99.0 Å². The summed E-state index contributed by atoms with van der Waals surface area (Å²) in [4.78, 5) is 0. The maximum Gasteiger partial charge on any atom is 0.212 e. The lowest BCUT2D eigenvalue weighted by molar-refractivity contribution is 0.373. The monoisotopic (exact) mass is 248 g/mol. The van der Waals surface area contributed by atoms with Crippen LogP contribution in [0, 0.1) is 11.8 Å². The molecule has 0 saturated heterocycles. The zero-order valence-electron chi connectivity index (χ0n) is 10.5. The van der Waals surface area contributed by atoms with E-state index >= 15 is 0 Å². The van der Waals surface area contributed by atoms with E-state index in [1.165, 1.54) is 0 Å². The molecule has 1 aliphatic carbocycles. The van der Waals surface area contributed by atoms with Crippen LogP contribution in [-0.4, -0.2) is 26.3 Å². The third-order valence-electron chi connectivity index (χ3n) is 3.26. The predicted molar refractivity (Wildman–Crippen MR) is 66.6 cm³/mol. The lowest BCUT2D eigenvalue weighted by Crippen LogP contribution is -2.53. The Morgan fingerprint density at radius 1 is 1.44 bits per heavy atom. The molecule has 0 radical (unpaired) electrons. The smallest absolute Gasteiger partial charge is 0.212 e. The van der Waals surface area contributed by atoms with Crippen LogP contribution in [0.2, 0.25) is 0 Å². The highest BCUT2D eigenvalue weighted by molar-refractivity contribution is 7.89. The zero-order chi connectivity index (χ0) is 12.4. The molecular weight excluding hydrogens is 224 g/mol. The van der Waals surface area contributed by atoms with Gasteiger partial charge in [0.05, 0.1) is 5.75 Å². The standard InChI is InChI=1S/C11H24N2O2S/c1-9(2)6-7-16(14,15)13-11(3,8-12)10-4-5-10/h9-10,13H,4-8,12H2,1-3H3. The highest BCUT2D eigenvalue weighted by Crippen LogP contribution is 2.39. The summed E-state index contributed by atoms with van der Waals surface area (Å²) in [5, 5.41) is 0. The first-order valence-electron chi connectivity index (χ1n) is 6.01. The van der Waals surface area contributed by atoms with Crippen LogP contribution in [0.4, 0.5) is 0 Å². The van der Waals surface area contributed by atoms with Gasteiger partial charge in [-0.1, -0.05) is 13.8 Å². The van der Waals surface area contributed by atoms with Crippen molar-refractivity contribution < 1.29 is 8.42 Å². The maximum absolute atomic E-state index is 11.9. The Morgan fingerprint density at radius 3 is 2.38 bits per heavy atom. The molecule has 3 N–H and O–H groups in total. The van der Waals surface area contributed by atoms with E-state index in [-0.39, 0.29) is 5.75 Å². The van der Waals surface area contributed by atoms with E-state index in [1.54, 1.807) is 0 Å². The molecule has 0 aromatic rings. The summed E-state index contributed by atoms with van der Waals surface area (Å²) in [6.07, 6.45) is 2.86. The molecule has 0 bridgehead atoms. The van der Waals surface area contributed by atoms with Crippen molar-refractivity contribution in [3.05, 3.63) is 0 Å². The third kappa shape index (κ3) is 4.03. The van der Waals surface area contributed by atoms with Crippen molar-refractivity contribution in [1.82, 2.24) is 4.72 Å². The van der Waals surface area contributed by atoms with Gasteiger partial charge >= 0.3 is 0 Å². The molecule has 0 aromatic heterocycles. The van der Waals surface area contributed by atoms with Crippen molar-refractivity contribution in [1.29, 1.82) is 0 Å². The van der Waals surface area contributed by atoms with Gasteiger partial charge in [-0.3, -0.25) is 0 Å². The highest BCUT2D eigenvalue weighted by atomic mass is 32.2. The van der Waals surface area contributed by atoms with Crippen LogP contribution >= 0.6 is 0 Å². The molecular formula is C11H24N2O2S. The van der Waals surface area contributed by atoms with Gasteiger partial charge in [0.2, 0.25) is 10.0 Å². The first kappa shape index (κ1) is 13.9. The Morgan fingerprint density at radius 2 is 2.00 bits per heavy atom. The van der Waals surface area contributed by atoms with Crippen LogP contribution in [0.3, 0.4) is 0 Å². The van der Waals surface area contributed by atoms with Gasteiger partial charge < -0.3 is 5.73 Å². The average molecular weight is 248 g/mol. The van der Waals surface area contributed by atoms with Gasteiger partial charge in [0.25, 0.3) is 0 Å². The van der Waals surface area contributed by atoms with E-state index in [0.717, 1.165) is 12.8 Å². The number of rotatable bonds is 7. The molecule has 96 valence electrons. The first-order chi connectivity index (χ1) is 7.29. The summed E-state index contributed by atoms with van der Waals surface area (Å²) in [5.41, 5.74) is 5.25. The van der Waals surface area contributed by atoms with E-state index in [9.17, 15) is 8.42 Å². The SMILES string of the molecule is CC(C)CCS(=O)(=O)NC(C)(CN)C1CC1. The second kappa shape index (κ2) is 5.02. The average Bonchev–Trinajstić information content (AvgIpc) is 2.97. The topological polar surface area (TPSA) is 72.2 Å². The summed E-state index contributed by atoms with van der Waals surface area (Å²) in [7, 11) is -3.18. The fraction of sp³-hybridized carbons (Fsp3) is 1.00. The van der Waals surface area contributed by atoms with Crippen LogP contribution in [0.25, 0.3) is 0 Å². The minimum Gasteiger partial charge on any atom is -0.329 e. The molecule has 1 aliphatic rings. The number of hydrogen-bond acceptors (Lipinski definition) is 3.